The van der Waals surface area contributed by atoms with Gasteiger partial charge in [-0.1, -0.05) is 5.16 Å². The van der Waals surface area contributed by atoms with E-state index in [-0.39, 0.29) is 11.4 Å². The Hall–Kier alpha value is -1.06. The molecule has 0 fully saturated rings. The van der Waals surface area contributed by atoms with E-state index in [2.05, 4.69) is 10.3 Å². The first-order valence-electron chi connectivity index (χ1n) is 2.08. The maximum absolute atomic E-state index is 9.63. The maximum atomic E-state index is 9.63. The van der Waals surface area contributed by atoms with Gasteiger partial charge in [0, 0.05) is 0 Å². The van der Waals surface area contributed by atoms with Crippen LogP contribution in [0.4, 0.5) is 0 Å². The summed E-state index contributed by atoms with van der Waals surface area (Å²) in [7, 11) is 0. The van der Waals surface area contributed by atoms with Crippen LogP contribution in [-0.2, 0) is 0 Å². The number of hydrogen-bond donors (Lipinski definition) is 1. The monoisotopic (exact) mass is 115 g/mol. The molecule has 1 N–H and O–H groups in total. The van der Waals surface area contributed by atoms with Crippen molar-refractivity contribution in [2.24, 2.45) is 10.3 Å². The molecule has 0 aromatic rings. The van der Waals surface area contributed by atoms with Crippen molar-refractivity contribution in [1.29, 1.82) is 0 Å². The summed E-state index contributed by atoms with van der Waals surface area (Å²) in [5.41, 5.74) is 0.451. The number of rotatable bonds is 1. The molecular formula is C4H7N2O2-. The smallest absolute Gasteiger partial charge is 0.0967 e. The maximum Gasteiger partial charge on any atom is 0.0967 e. The Kier molecular flexibility index (Phi) is 2.61. The van der Waals surface area contributed by atoms with Crippen LogP contribution in [0.25, 0.3) is 0 Å². The highest BCUT2D eigenvalue weighted by Crippen LogP contribution is 1.80. The van der Waals surface area contributed by atoms with Crippen LogP contribution in [0.2, 0.25) is 0 Å². The molecule has 0 atom stereocenters. The molecule has 0 bridgehead atoms. The highest BCUT2D eigenvalue weighted by Gasteiger charge is 1.90. The van der Waals surface area contributed by atoms with Gasteiger partial charge in [0.05, 0.1) is 11.4 Å². The van der Waals surface area contributed by atoms with Crippen LogP contribution in [0.1, 0.15) is 13.8 Å². The van der Waals surface area contributed by atoms with Crippen molar-refractivity contribution in [3.8, 4) is 0 Å². The third kappa shape index (κ3) is 1.59. The minimum atomic E-state index is 0.201. The minimum absolute atomic E-state index is 0.201. The molecule has 0 aliphatic carbocycles. The minimum Gasteiger partial charge on any atom is -0.792 e. The van der Waals surface area contributed by atoms with Crippen LogP contribution in [0.15, 0.2) is 10.3 Å². The topological polar surface area (TPSA) is 68.0 Å². The van der Waals surface area contributed by atoms with Gasteiger partial charge in [0.2, 0.25) is 0 Å². The summed E-state index contributed by atoms with van der Waals surface area (Å²) in [5.74, 6) is 0. The summed E-state index contributed by atoms with van der Waals surface area (Å²) in [6.07, 6.45) is 0. The Labute approximate surface area is 47.1 Å². The highest BCUT2D eigenvalue weighted by atomic mass is 16.4. The van der Waals surface area contributed by atoms with Gasteiger partial charge in [-0.15, -0.1) is 0 Å². The normalized spacial score (nSPS) is 14.2. The summed E-state index contributed by atoms with van der Waals surface area (Å²) in [6, 6.07) is 0. The van der Waals surface area contributed by atoms with E-state index < -0.39 is 0 Å². The zero-order valence-electron chi connectivity index (χ0n) is 4.75. The van der Waals surface area contributed by atoms with Crippen LogP contribution in [-0.4, -0.2) is 16.6 Å². The van der Waals surface area contributed by atoms with E-state index in [0.717, 1.165) is 0 Å². The largest absolute Gasteiger partial charge is 0.792 e. The van der Waals surface area contributed by atoms with E-state index in [4.69, 9.17) is 5.21 Å². The molecule has 0 unspecified atom stereocenters. The predicted molar refractivity (Wildman–Crippen MR) is 31.4 cm³/mol. The first-order valence-corrected chi connectivity index (χ1v) is 2.08. The van der Waals surface area contributed by atoms with Crippen molar-refractivity contribution < 1.29 is 5.21 Å². The van der Waals surface area contributed by atoms with Crippen LogP contribution in [0, 0.1) is 5.21 Å². The number of hydrogen-bond acceptors (Lipinski definition) is 4. The lowest BCUT2D eigenvalue weighted by Gasteiger charge is -1.97. The van der Waals surface area contributed by atoms with Gasteiger partial charge in [0.15, 0.2) is 0 Å². The predicted octanol–water partition coefficient (Wildman–Crippen LogP) is 0.795. The van der Waals surface area contributed by atoms with Crippen molar-refractivity contribution in [3.05, 3.63) is 5.21 Å². The molecule has 0 saturated carbocycles. The van der Waals surface area contributed by atoms with Crippen molar-refractivity contribution in [2.45, 2.75) is 13.8 Å². The third-order valence-corrected chi connectivity index (χ3v) is 0.811. The van der Waals surface area contributed by atoms with Crippen LogP contribution >= 0.6 is 0 Å². The number of oxime groups is 1. The fraction of sp³-hybridized carbons (Fsp3) is 0.500. The van der Waals surface area contributed by atoms with Gasteiger partial charge in [-0.3, -0.25) is 0 Å². The summed E-state index contributed by atoms with van der Waals surface area (Å²) in [5, 5.41) is 22.9. The quantitative estimate of drug-likeness (QED) is 0.312. The lowest BCUT2D eigenvalue weighted by molar-refractivity contribution is 0.320. The molecule has 0 heterocycles. The highest BCUT2D eigenvalue weighted by molar-refractivity contribution is 6.40. The lowest BCUT2D eigenvalue weighted by Crippen LogP contribution is -2.03. The Morgan fingerprint density at radius 1 is 1.38 bits per heavy atom. The molecule has 4 heteroatoms. The molecule has 8 heavy (non-hydrogen) atoms. The molecule has 0 spiro atoms. The van der Waals surface area contributed by atoms with Crippen LogP contribution in [0.3, 0.4) is 0 Å². The summed E-state index contributed by atoms with van der Waals surface area (Å²) in [6.45, 7) is 2.97. The molecule has 46 valence electrons. The van der Waals surface area contributed by atoms with Gasteiger partial charge < -0.3 is 15.6 Å². The molecular weight excluding hydrogens is 108 g/mol. The third-order valence-electron chi connectivity index (χ3n) is 0.811. The molecule has 0 aliphatic heterocycles. The first kappa shape index (κ1) is 6.94. The van der Waals surface area contributed by atoms with E-state index >= 15 is 0 Å². The average Bonchev–Trinajstić information content (AvgIpc) is 1.84. The Morgan fingerprint density at radius 3 is 2.00 bits per heavy atom. The molecule has 0 aromatic heterocycles. The van der Waals surface area contributed by atoms with Gasteiger partial charge >= 0.3 is 0 Å². The van der Waals surface area contributed by atoms with Crippen LogP contribution < -0.4 is 0 Å². The second-order valence-corrected chi connectivity index (χ2v) is 1.36. The molecule has 0 rings (SSSR count). The van der Waals surface area contributed by atoms with E-state index in [9.17, 15) is 5.21 Å². The van der Waals surface area contributed by atoms with E-state index in [1.54, 1.807) is 0 Å². The zero-order valence-corrected chi connectivity index (χ0v) is 4.75. The van der Waals surface area contributed by atoms with Gasteiger partial charge in [0.1, 0.15) is 0 Å². The fourth-order valence-corrected chi connectivity index (χ4v) is 0.138. The van der Waals surface area contributed by atoms with Crippen molar-refractivity contribution in [3.63, 3.8) is 0 Å². The van der Waals surface area contributed by atoms with E-state index in [0.29, 0.717) is 0 Å². The molecule has 0 aliphatic rings. The standard InChI is InChI=1S/C4H8N2O2/c1-3(5-7)4(2)6-8/h7-8H,1-2H3/p-1. The van der Waals surface area contributed by atoms with Gasteiger partial charge in [0.25, 0.3) is 0 Å². The Bertz CT molecular complexity index is 112. The second kappa shape index (κ2) is 3.01. The fourth-order valence-electron chi connectivity index (χ4n) is 0.138. The first-order chi connectivity index (χ1) is 3.72. The molecule has 4 nitrogen and oxygen atoms in total. The zero-order chi connectivity index (χ0) is 6.57. The van der Waals surface area contributed by atoms with Gasteiger partial charge in [-0.2, -0.15) is 0 Å². The molecule has 0 radical (unpaired) electrons. The number of nitrogens with zero attached hydrogens (tertiary/aromatic N) is 2. The van der Waals surface area contributed by atoms with Gasteiger partial charge in [-0.05, 0) is 13.8 Å². The molecule has 0 amide bonds. The van der Waals surface area contributed by atoms with Gasteiger partial charge in [-0.25, -0.2) is 0 Å². The summed E-state index contributed by atoms with van der Waals surface area (Å²) < 4.78 is 0. The van der Waals surface area contributed by atoms with Crippen molar-refractivity contribution in [2.75, 3.05) is 0 Å². The lowest BCUT2D eigenvalue weighted by atomic mass is 10.3. The van der Waals surface area contributed by atoms with Crippen LogP contribution in [0.5, 0.6) is 0 Å². The second-order valence-electron chi connectivity index (χ2n) is 1.36. The Balaban J connectivity index is 4.04. The molecule has 0 saturated heterocycles. The Morgan fingerprint density at radius 2 is 1.88 bits per heavy atom. The molecule has 0 aromatic carbocycles. The van der Waals surface area contributed by atoms with E-state index in [1.807, 2.05) is 0 Å². The average molecular weight is 115 g/mol. The van der Waals surface area contributed by atoms with Crippen molar-refractivity contribution >= 4 is 11.4 Å². The van der Waals surface area contributed by atoms with E-state index in [1.165, 1.54) is 13.8 Å². The summed E-state index contributed by atoms with van der Waals surface area (Å²) in [4.78, 5) is 0. The summed E-state index contributed by atoms with van der Waals surface area (Å²) >= 11 is 0. The SMILES string of the molecule is CC(=N[O-])C(C)=NO. The van der Waals surface area contributed by atoms with Crippen molar-refractivity contribution in [1.82, 2.24) is 0 Å².